The topological polar surface area (TPSA) is 54.5 Å². The smallest absolute Gasteiger partial charge is 0.197 e. The van der Waals surface area contributed by atoms with Crippen molar-refractivity contribution < 1.29 is 0 Å². The van der Waals surface area contributed by atoms with Crippen LogP contribution >= 0.6 is 0 Å². The van der Waals surface area contributed by atoms with Gasteiger partial charge in [-0.2, -0.15) is 0 Å². The molecule has 0 saturated heterocycles. The highest BCUT2D eigenvalue weighted by molar-refractivity contribution is 5.63. The Bertz CT molecular complexity index is 365. The summed E-state index contributed by atoms with van der Waals surface area (Å²) < 4.78 is 0. The average molecular weight is 148 g/mol. The third kappa shape index (κ3) is 0.960. The van der Waals surface area contributed by atoms with E-state index in [0.717, 1.165) is 17.8 Å². The lowest BCUT2D eigenvalue weighted by atomic mass is 10.3. The van der Waals surface area contributed by atoms with E-state index in [-0.39, 0.29) is 0 Å². The second-order valence-electron chi connectivity index (χ2n) is 2.29. The van der Waals surface area contributed by atoms with Gasteiger partial charge in [0.25, 0.3) is 0 Å². The van der Waals surface area contributed by atoms with Gasteiger partial charge in [0, 0.05) is 0 Å². The molecule has 2 rings (SSSR count). The van der Waals surface area contributed by atoms with Crippen molar-refractivity contribution in [2.75, 3.05) is 0 Å². The van der Waals surface area contributed by atoms with Crippen molar-refractivity contribution in [1.82, 2.24) is 19.9 Å². The lowest BCUT2D eigenvalue weighted by Gasteiger charge is -1.91. The fourth-order valence-corrected chi connectivity index (χ4v) is 0.935. The summed E-state index contributed by atoms with van der Waals surface area (Å²) in [5.74, 6) is 0. The van der Waals surface area contributed by atoms with E-state index in [1.165, 1.54) is 0 Å². The Hall–Kier alpha value is -1.45. The lowest BCUT2D eigenvalue weighted by Crippen LogP contribution is -1.89. The van der Waals surface area contributed by atoms with Crippen molar-refractivity contribution in [3.05, 3.63) is 18.2 Å². The van der Waals surface area contributed by atoms with Crippen LogP contribution in [0.5, 0.6) is 0 Å². The summed E-state index contributed by atoms with van der Waals surface area (Å²) in [6, 6.07) is 0. The van der Waals surface area contributed by atoms with Gasteiger partial charge in [-0.05, 0) is 6.42 Å². The molecule has 1 N–H and O–H groups in total. The molecule has 0 aliphatic heterocycles. The third-order valence-electron chi connectivity index (χ3n) is 1.55. The molecule has 0 aliphatic carbocycles. The van der Waals surface area contributed by atoms with Crippen LogP contribution in [0.2, 0.25) is 0 Å². The molecule has 0 bridgehead atoms. The number of H-pyrrole nitrogens is 1. The highest BCUT2D eigenvalue weighted by Gasteiger charge is 1.98. The number of aryl methyl sites for hydroxylation is 1. The van der Waals surface area contributed by atoms with Crippen molar-refractivity contribution in [2.24, 2.45) is 0 Å². The number of imidazole rings is 1. The van der Waals surface area contributed by atoms with Gasteiger partial charge in [0.15, 0.2) is 11.3 Å². The Morgan fingerprint density at radius 1 is 1.45 bits per heavy atom. The number of rotatable bonds is 1. The summed E-state index contributed by atoms with van der Waals surface area (Å²) in [6.07, 6.45) is 4.26. The molecule has 2 aromatic rings. The van der Waals surface area contributed by atoms with E-state index in [0.29, 0.717) is 5.65 Å². The fraction of sp³-hybridized carbons (Fsp3) is 0.286. The minimum absolute atomic E-state index is 0.683. The number of aromatic nitrogens is 4. The van der Waals surface area contributed by atoms with E-state index in [1.807, 2.05) is 6.92 Å². The summed E-state index contributed by atoms with van der Waals surface area (Å²) in [4.78, 5) is 15.3. The monoisotopic (exact) mass is 148 g/mol. The first kappa shape index (κ1) is 6.27. The minimum Gasteiger partial charge on any atom is -0.328 e. The molecule has 2 aromatic heterocycles. The maximum absolute atomic E-state index is 4.27. The van der Waals surface area contributed by atoms with E-state index in [1.54, 1.807) is 12.5 Å². The highest BCUT2D eigenvalue weighted by Crippen LogP contribution is 2.02. The zero-order chi connectivity index (χ0) is 7.68. The van der Waals surface area contributed by atoms with Crippen LogP contribution in [0, 0.1) is 0 Å². The quantitative estimate of drug-likeness (QED) is 0.654. The van der Waals surface area contributed by atoms with Gasteiger partial charge in [-0.15, -0.1) is 0 Å². The van der Waals surface area contributed by atoms with Gasteiger partial charge in [-0.3, -0.25) is 0 Å². The average Bonchev–Trinajstić information content (AvgIpc) is 2.50. The molecule has 0 fully saturated rings. The standard InChI is InChI=1S/C7H8N4/c1-2-5-3-8-6-7(11-5)10-4-9-6/h3-4H,2H2,1H3,(H,8,9,10,11). The van der Waals surface area contributed by atoms with Crippen molar-refractivity contribution >= 4 is 11.3 Å². The molecule has 0 amide bonds. The Kier molecular flexibility index (Phi) is 1.31. The molecule has 2 heterocycles. The van der Waals surface area contributed by atoms with Crippen LogP contribution in [0.15, 0.2) is 12.5 Å². The van der Waals surface area contributed by atoms with Gasteiger partial charge < -0.3 is 4.98 Å². The fourth-order valence-electron chi connectivity index (χ4n) is 0.935. The summed E-state index contributed by atoms with van der Waals surface area (Å²) in [7, 11) is 0. The molecule has 0 radical (unpaired) electrons. The van der Waals surface area contributed by atoms with Gasteiger partial charge in [-0.1, -0.05) is 6.92 Å². The minimum atomic E-state index is 0.683. The Morgan fingerprint density at radius 3 is 3.18 bits per heavy atom. The number of fused-ring (bicyclic) bond motifs is 1. The number of aromatic amines is 1. The molecule has 0 spiro atoms. The van der Waals surface area contributed by atoms with E-state index in [9.17, 15) is 0 Å². The van der Waals surface area contributed by atoms with Crippen LogP contribution in [0.1, 0.15) is 12.6 Å². The van der Waals surface area contributed by atoms with Crippen molar-refractivity contribution in [2.45, 2.75) is 13.3 Å². The first-order valence-electron chi connectivity index (χ1n) is 3.55. The Balaban J connectivity index is 2.67. The molecule has 4 nitrogen and oxygen atoms in total. The second-order valence-corrected chi connectivity index (χ2v) is 2.29. The molecule has 0 unspecified atom stereocenters. The van der Waals surface area contributed by atoms with Crippen LogP contribution in [-0.2, 0) is 6.42 Å². The molecule has 11 heavy (non-hydrogen) atoms. The number of hydrogen-bond acceptors (Lipinski definition) is 3. The molecular weight excluding hydrogens is 140 g/mol. The van der Waals surface area contributed by atoms with Crippen LogP contribution in [0.4, 0.5) is 0 Å². The van der Waals surface area contributed by atoms with Crippen molar-refractivity contribution in [3.63, 3.8) is 0 Å². The highest BCUT2D eigenvalue weighted by atomic mass is 15.0. The van der Waals surface area contributed by atoms with Crippen LogP contribution in [0.3, 0.4) is 0 Å². The summed E-state index contributed by atoms with van der Waals surface area (Å²) in [6.45, 7) is 2.05. The largest absolute Gasteiger partial charge is 0.328 e. The number of nitrogens with one attached hydrogen (secondary N) is 1. The number of hydrogen-bond donors (Lipinski definition) is 1. The van der Waals surface area contributed by atoms with Gasteiger partial charge in [0.2, 0.25) is 0 Å². The molecule has 4 heteroatoms. The molecule has 56 valence electrons. The molecular formula is C7H8N4. The summed E-state index contributed by atoms with van der Waals surface area (Å²) >= 11 is 0. The van der Waals surface area contributed by atoms with E-state index in [2.05, 4.69) is 19.9 Å². The predicted octanol–water partition coefficient (Wildman–Crippen LogP) is 0.915. The Morgan fingerprint density at radius 2 is 2.36 bits per heavy atom. The second kappa shape index (κ2) is 2.30. The third-order valence-corrected chi connectivity index (χ3v) is 1.55. The van der Waals surface area contributed by atoms with E-state index in [4.69, 9.17) is 0 Å². The van der Waals surface area contributed by atoms with Gasteiger partial charge in [-0.25, -0.2) is 15.0 Å². The van der Waals surface area contributed by atoms with Gasteiger partial charge in [0.05, 0.1) is 18.2 Å². The molecule has 0 aromatic carbocycles. The van der Waals surface area contributed by atoms with Crippen molar-refractivity contribution in [3.8, 4) is 0 Å². The first-order valence-corrected chi connectivity index (χ1v) is 3.55. The van der Waals surface area contributed by atoms with Crippen molar-refractivity contribution in [1.29, 1.82) is 0 Å². The van der Waals surface area contributed by atoms with Crippen LogP contribution < -0.4 is 0 Å². The van der Waals surface area contributed by atoms with Gasteiger partial charge in [0.1, 0.15) is 0 Å². The predicted molar refractivity (Wildman–Crippen MR) is 41.1 cm³/mol. The SMILES string of the molecule is CCc1cnc2nc[nH]c2n1. The van der Waals surface area contributed by atoms with E-state index < -0.39 is 0 Å². The number of nitrogens with zero attached hydrogens (tertiary/aromatic N) is 3. The van der Waals surface area contributed by atoms with E-state index >= 15 is 0 Å². The van der Waals surface area contributed by atoms with Crippen LogP contribution in [-0.4, -0.2) is 19.9 Å². The summed E-state index contributed by atoms with van der Waals surface area (Å²) in [5.41, 5.74) is 2.44. The Labute approximate surface area is 63.7 Å². The molecule has 0 saturated carbocycles. The first-order chi connectivity index (χ1) is 5.40. The molecule has 0 atom stereocenters. The van der Waals surface area contributed by atoms with Crippen LogP contribution in [0.25, 0.3) is 11.3 Å². The maximum atomic E-state index is 4.27. The molecule has 0 aliphatic rings. The zero-order valence-electron chi connectivity index (χ0n) is 6.20. The van der Waals surface area contributed by atoms with Gasteiger partial charge >= 0.3 is 0 Å². The summed E-state index contributed by atoms with van der Waals surface area (Å²) in [5, 5.41) is 0. The maximum Gasteiger partial charge on any atom is 0.197 e. The normalized spacial score (nSPS) is 10.6. The zero-order valence-corrected chi connectivity index (χ0v) is 6.20. The lowest BCUT2D eigenvalue weighted by molar-refractivity contribution is 1.02.